The summed E-state index contributed by atoms with van der Waals surface area (Å²) in [7, 11) is 0. The van der Waals surface area contributed by atoms with Gasteiger partial charge in [-0.15, -0.1) is 0 Å². The Balaban J connectivity index is 1.98. The van der Waals surface area contributed by atoms with Gasteiger partial charge in [0.15, 0.2) is 0 Å². The Morgan fingerprint density at radius 2 is 1.82 bits per heavy atom. The molecule has 0 spiro atoms. The third-order valence-electron chi connectivity index (χ3n) is 4.58. The van der Waals surface area contributed by atoms with Gasteiger partial charge < -0.3 is 4.57 Å². The van der Waals surface area contributed by atoms with Crippen LogP contribution in [0.5, 0.6) is 0 Å². The fourth-order valence-electron chi connectivity index (χ4n) is 3.16. The maximum atomic E-state index is 4.72. The number of nitrogens with zero attached hydrogens (tertiary/aromatic N) is 3. The van der Waals surface area contributed by atoms with Crippen LogP contribution in [0.15, 0.2) is 30.6 Å². The summed E-state index contributed by atoms with van der Waals surface area (Å²) in [5.74, 6) is 0.808. The molecule has 3 aromatic rings. The summed E-state index contributed by atoms with van der Waals surface area (Å²) >= 11 is 0. The predicted octanol–water partition coefficient (Wildman–Crippen LogP) is 4.43. The molecular formula is C19H21N3. The lowest BCUT2D eigenvalue weighted by molar-refractivity contribution is 0.646. The highest BCUT2D eigenvalue weighted by Gasteiger charge is 2.26. The van der Waals surface area contributed by atoms with Crippen molar-refractivity contribution in [2.24, 2.45) is 5.92 Å². The quantitative estimate of drug-likeness (QED) is 0.714. The average Bonchev–Trinajstić information content (AvgIpc) is 3.28. The van der Waals surface area contributed by atoms with Crippen molar-refractivity contribution in [2.45, 2.75) is 40.2 Å². The molecule has 3 heterocycles. The molecule has 1 aliphatic carbocycles. The van der Waals surface area contributed by atoms with Gasteiger partial charge in [0.05, 0.1) is 11.4 Å². The first-order valence-electron chi connectivity index (χ1n) is 8.02. The highest BCUT2D eigenvalue weighted by molar-refractivity contribution is 5.88. The van der Waals surface area contributed by atoms with Crippen LogP contribution in [0.25, 0.3) is 22.4 Å². The fourth-order valence-corrected chi connectivity index (χ4v) is 3.16. The monoisotopic (exact) mass is 291 g/mol. The molecule has 3 heteroatoms. The molecule has 3 nitrogen and oxygen atoms in total. The minimum absolute atomic E-state index is 0.808. The van der Waals surface area contributed by atoms with E-state index in [9.17, 15) is 0 Å². The molecule has 1 aliphatic rings. The molecule has 0 bridgehead atoms. The van der Waals surface area contributed by atoms with Gasteiger partial charge in [-0.05, 0) is 68.4 Å². The maximum absolute atomic E-state index is 4.72. The standard InChI is InChI=1S/C19H21N3/c1-12-4-7-17(20-9-12)18-14(3)16-8-13(2)10-21-19(16)22(18)11-15-5-6-15/h4,7-10,15H,5-6,11H2,1-3H3. The summed E-state index contributed by atoms with van der Waals surface area (Å²) in [4.78, 5) is 9.39. The van der Waals surface area contributed by atoms with E-state index in [2.05, 4.69) is 48.5 Å². The lowest BCUT2D eigenvalue weighted by atomic mass is 10.1. The molecule has 1 fully saturated rings. The first-order valence-corrected chi connectivity index (χ1v) is 8.02. The molecular weight excluding hydrogens is 270 g/mol. The molecule has 0 unspecified atom stereocenters. The second kappa shape index (κ2) is 4.94. The Labute approximate surface area is 131 Å². The highest BCUT2D eigenvalue weighted by atomic mass is 15.1. The number of aromatic nitrogens is 3. The van der Waals surface area contributed by atoms with E-state index in [0.29, 0.717) is 0 Å². The van der Waals surface area contributed by atoms with Gasteiger partial charge in [0.25, 0.3) is 0 Å². The number of aryl methyl sites for hydroxylation is 3. The van der Waals surface area contributed by atoms with E-state index in [-0.39, 0.29) is 0 Å². The van der Waals surface area contributed by atoms with Crippen LogP contribution in [0.1, 0.15) is 29.5 Å². The minimum Gasteiger partial charge on any atom is -0.323 e. The van der Waals surface area contributed by atoms with Crippen molar-refractivity contribution < 1.29 is 0 Å². The van der Waals surface area contributed by atoms with E-state index >= 15 is 0 Å². The van der Waals surface area contributed by atoms with Crippen LogP contribution in [0.2, 0.25) is 0 Å². The molecule has 1 saturated carbocycles. The van der Waals surface area contributed by atoms with Gasteiger partial charge in [-0.1, -0.05) is 6.07 Å². The molecule has 0 amide bonds. The molecule has 4 rings (SSSR count). The molecule has 0 aliphatic heterocycles. The van der Waals surface area contributed by atoms with Crippen LogP contribution in [0.4, 0.5) is 0 Å². The smallest absolute Gasteiger partial charge is 0.140 e. The van der Waals surface area contributed by atoms with Crippen LogP contribution in [-0.4, -0.2) is 14.5 Å². The predicted molar refractivity (Wildman–Crippen MR) is 89.9 cm³/mol. The Morgan fingerprint density at radius 3 is 2.50 bits per heavy atom. The second-order valence-corrected chi connectivity index (χ2v) is 6.63. The summed E-state index contributed by atoms with van der Waals surface area (Å²) in [6.45, 7) is 7.44. The molecule has 0 N–H and O–H groups in total. The van der Waals surface area contributed by atoms with Gasteiger partial charge >= 0.3 is 0 Å². The second-order valence-electron chi connectivity index (χ2n) is 6.63. The summed E-state index contributed by atoms with van der Waals surface area (Å²) in [6.07, 6.45) is 6.60. The van der Waals surface area contributed by atoms with Crippen molar-refractivity contribution in [1.29, 1.82) is 0 Å². The van der Waals surface area contributed by atoms with Crippen molar-refractivity contribution in [3.63, 3.8) is 0 Å². The first-order chi connectivity index (χ1) is 10.6. The van der Waals surface area contributed by atoms with Crippen molar-refractivity contribution in [2.75, 3.05) is 0 Å². The van der Waals surface area contributed by atoms with Gasteiger partial charge in [0.2, 0.25) is 0 Å². The van der Waals surface area contributed by atoms with Crippen LogP contribution in [0.3, 0.4) is 0 Å². The van der Waals surface area contributed by atoms with E-state index in [1.165, 1.54) is 40.6 Å². The van der Waals surface area contributed by atoms with Crippen LogP contribution in [-0.2, 0) is 6.54 Å². The van der Waals surface area contributed by atoms with Crippen LogP contribution in [0, 0.1) is 26.7 Å². The largest absolute Gasteiger partial charge is 0.323 e. The lowest BCUT2D eigenvalue weighted by Crippen LogP contribution is -2.04. The average molecular weight is 291 g/mol. The van der Waals surface area contributed by atoms with Crippen molar-refractivity contribution >= 4 is 11.0 Å². The Kier molecular flexibility index (Phi) is 3.03. The van der Waals surface area contributed by atoms with Gasteiger partial charge in [0.1, 0.15) is 5.65 Å². The van der Waals surface area contributed by atoms with E-state index < -0.39 is 0 Å². The van der Waals surface area contributed by atoms with Crippen LogP contribution < -0.4 is 0 Å². The van der Waals surface area contributed by atoms with Gasteiger partial charge in [-0.2, -0.15) is 0 Å². The number of hydrogen-bond donors (Lipinski definition) is 0. The Bertz CT molecular complexity index is 839. The minimum atomic E-state index is 0.808. The first kappa shape index (κ1) is 13.5. The third-order valence-corrected chi connectivity index (χ3v) is 4.58. The van der Waals surface area contributed by atoms with E-state index in [1.807, 2.05) is 12.4 Å². The van der Waals surface area contributed by atoms with Crippen molar-refractivity contribution in [3.8, 4) is 11.4 Å². The number of pyridine rings is 2. The van der Waals surface area contributed by atoms with E-state index in [4.69, 9.17) is 4.98 Å². The van der Waals surface area contributed by atoms with Crippen molar-refractivity contribution in [1.82, 2.24) is 14.5 Å². The van der Waals surface area contributed by atoms with Gasteiger partial charge in [0, 0.05) is 24.3 Å². The zero-order valence-electron chi connectivity index (χ0n) is 13.4. The maximum Gasteiger partial charge on any atom is 0.140 e. The summed E-state index contributed by atoms with van der Waals surface area (Å²) in [6, 6.07) is 6.52. The van der Waals surface area contributed by atoms with E-state index in [1.54, 1.807) is 0 Å². The SMILES string of the molecule is Cc1ccc(-c2c(C)c3cc(C)cnc3n2CC2CC2)nc1. The van der Waals surface area contributed by atoms with E-state index in [0.717, 1.165) is 23.8 Å². The zero-order valence-corrected chi connectivity index (χ0v) is 13.4. The molecule has 3 aromatic heterocycles. The molecule has 0 radical (unpaired) electrons. The zero-order chi connectivity index (χ0) is 15.3. The van der Waals surface area contributed by atoms with Crippen molar-refractivity contribution in [3.05, 3.63) is 47.3 Å². The summed E-state index contributed by atoms with van der Waals surface area (Å²) in [5, 5.41) is 1.26. The molecule has 0 atom stereocenters. The summed E-state index contributed by atoms with van der Waals surface area (Å²) < 4.78 is 2.39. The van der Waals surface area contributed by atoms with Gasteiger partial charge in [-0.3, -0.25) is 4.98 Å². The topological polar surface area (TPSA) is 30.7 Å². The highest BCUT2D eigenvalue weighted by Crippen LogP contribution is 2.37. The molecule has 22 heavy (non-hydrogen) atoms. The molecule has 112 valence electrons. The number of rotatable bonds is 3. The Morgan fingerprint density at radius 1 is 1.05 bits per heavy atom. The Hall–Kier alpha value is -2.16. The molecule has 0 aromatic carbocycles. The normalized spacial score (nSPS) is 14.7. The fraction of sp³-hybridized carbons (Fsp3) is 0.368. The lowest BCUT2D eigenvalue weighted by Gasteiger charge is -2.10. The number of hydrogen-bond acceptors (Lipinski definition) is 2. The third kappa shape index (κ3) is 2.21. The summed E-state index contributed by atoms with van der Waals surface area (Å²) in [5.41, 5.74) is 7.10. The van der Waals surface area contributed by atoms with Gasteiger partial charge in [-0.25, -0.2) is 4.98 Å². The molecule has 0 saturated heterocycles. The van der Waals surface area contributed by atoms with Crippen LogP contribution >= 0.6 is 0 Å². The number of fused-ring (bicyclic) bond motifs is 1.